The maximum Gasteiger partial charge on any atom is 0.306 e. The molecule has 0 aromatic heterocycles. The minimum absolute atomic E-state index is 0.00223. The van der Waals surface area contributed by atoms with Crippen LogP contribution in [0.1, 0.15) is 129 Å². The van der Waals surface area contributed by atoms with E-state index < -0.39 is 18.1 Å². The second-order valence-electron chi connectivity index (χ2n) is 15.2. The third kappa shape index (κ3) is 39.0. The number of hydrogen-bond acceptors (Lipinski definition) is 7. The molecule has 59 heavy (non-hydrogen) atoms. The molecule has 0 rings (SSSR count). The Bertz CT molecular complexity index is 1370. The van der Waals surface area contributed by atoms with Crippen molar-refractivity contribution in [3.63, 3.8) is 0 Å². The molecular weight excluding hydrogens is 739 g/mol. The summed E-state index contributed by atoms with van der Waals surface area (Å²) >= 11 is 0. The van der Waals surface area contributed by atoms with E-state index in [9.17, 15) is 19.5 Å². The van der Waals surface area contributed by atoms with E-state index in [0.717, 1.165) is 83.5 Å². The van der Waals surface area contributed by atoms with E-state index >= 15 is 0 Å². The number of carbonyl (C=O) groups excluding carboxylic acids is 3. The van der Waals surface area contributed by atoms with Crippen LogP contribution in [0.25, 0.3) is 0 Å². The van der Waals surface area contributed by atoms with Crippen molar-refractivity contribution in [1.29, 1.82) is 0 Å². The molecule has 0 amide bonds. The summed E-state index contributed by atoms with van der Waals surface area (Å²) in [4.78, 5) is 36.8. The maximum absolute atomic E-state index is 12.7. The Morgan fingerprint density at radius 2 is 0.898 bits per heavy atom. The highest BCUT2D eigenvalue weighted by Crippen LogP contribution is 2.10. The quantitative estimate of drug-likeness (QED) is 0.0266. The summed E-state index contributed by atoms with van der Waals surface area (Å²) in [5, 5.41) is 11.6. The van der Waals surface area contributed by atoms with Crippen LogP contribution in [0.3, 0.4) is 0 Å². The van der Waals surface area contributed by atoms with Gasteiger partial charge in [-0.25, -0.2) is 0 Å². The lowest BCUT2D eigenvalue weighted by Gasteiger charge is -2.34. The first-order valence-corrected chi connectivity index (χ1v) is 22.1. The van der Waals surface area contributed by atoms with Crippen LogP contribution in [0.4, 0.5) is 0 Å². The van der Waals surface area contributed by atoms with Crippen molar-refractivity contribution in [2.45, 2.75) is 142 Å². The van der Waals surface area contributed by atoms with Gasteiger partial charge in [0.15, 0.2) is 6.10 Å². The molecule has 0 aromatic rings. The second kappa shape index (κ2) is 40.5. The van der Waals surface area contributed by atoms with Gasteiger partial charge in [-0.3, -0.25) is 9.59 Å². The van der Waals surface area contributed by atoms with Gasteiger partial charge in [0.1, 0.15) is 12.6 Å². The Balaban J connectivity index is 4.47. The van der Waals surface area contributed by atoms with Crippen LogP contribution >= 0.6 is 0 Å². The van der Waals surface area contributed by atoms with Gasteiger partial charge in [0.2, 0.25) is 0 Å². The monoisotopic (exact) mass is 818 g/mol. The number of carboxylic acids is 1. The van der Waals surface area contributed by atoms with Gasteiger partial charge in [-0.2, -0.15) is 0 Å². The number of nitrogens with zero attached hydrogens (tertiary/aromatic N) is 1. The Hall–Kier alpha value is -4.27. The standard InChI is InChI=1S/C51H79NO7/c1-6-8-10-12-14-16-18-20-21-22-23-24-25-26-27-28-29-30-32-33-35-37-39-41-49(53)58-46-47(45-57-44-43-48(51(55)56)52(3,4)5)59-50(54)42-40-38-36-34-31-19-17-15-13-11-9-7-2/h8-11,14-17,20-21,23-24,26-27,29-31,33-35,47-48H,6-7,12-13,18-19,22,25,28,32,36-46H2,1-5H3/b10-8+,11-9+,16-14+,17-15+,21-20+,24-23+,27-26+,30-29+,34-31+,35-33+. The number of aliphatic carboxylic acids is 1. The molecule has 2 atom stereocenters. The predicted molar refractivity (Wildman–Crippen MR) is 244 cm³/mol. The van der Waals surface area contributed by atoms with Crippen molar-refractivity contribution in [2.24, 2.45) is 0 Å². The Morgan fingerprint density at radius 1 is 0.508 bits per heavy atom. The summed E-state index contributed by atoms with van der Waals surface area (Å²) in [7, 11) is 5.35. The third-order valence-corrected chi connectivity index (χ3v) is 8.84. The minimum atomic E-state index is -1.15. The molecule has 0 aliphatic heterocycles. The van der Waals surface area contributed by atoms with Crippen LogP contribution in [0, 0.1) is 0 Å². The average Bonchev–Trinajstić information content (AvgIpc) is 3.19. The maximum atomic E-state index is 12.7. The molecule has 8 nitrogen and oxygen atoms in total. The Morgan fingerprint density at radius 3 is 1.31 bits per heavy atom. The van der Waals surface area contributed by atoms with E-state index in [-0.39, 0.29) is 55.5 Å². The van der Waals surface area contributed by atoms with Crippen molar-refractivity contribution < 1.29 is 38.2 Å². The highest BCUT2D eigenvalue weighted by atomic mass is 16.6. The summed E-state index contributed by atoms with van der Waals surface area (Å²) in [6.07, 6.45) is 56.7. The molecule has 0 saturated carbocycles. The van der Waals surface area contributed by atoms with Crippen molar-refractivity contribution in [1.82, 2.24) is 0 Å². The molecule has 0 N–H and O–H groups in total. The molecule has 0 heterocycles. The number of carboxylic acid groups (broad SMARTS) is 1. The zero-order valence-electron chi connectivity index (χ0n) is 37.4. The van der Waals surface area contributed by atoms with Crippen molar-refractivity contribution in [3.8, 4) is 0 Å². The Kier molecular flexibility index (Phi) is 37.6. The molecule has 0 saturated heterocycles. The smallest absolute Gasteiger partial charge is 0.306 e. The first-order chi connectivity index (χ1) is 28.6. The summed E-state index contributed by atoms with van der Waals surface area (Å²) < 4.78 is 17.0. The van der Waals surface area contributed by atoms with Crippen molar-refractivity contribution in [3.05, 3.63) is 122 Å². The molecule has 0 bridgehead atoms. The van der Waals surface area contributed by atoms with E-state index in [0.29, 0.717) is 12.8 Å². The Labute approximate surface area is 359 Å². The lowest BCUT2D eigenvalue weighted by molar-refractivity contribution is -0.889. The van der Waals surface area contributed by atoms with E-state index in [1.807, 2.05) is 0 Å². The van der Waals surface area contributed by atoms with Gasteiger partial charge in [0.25, 0.3) is 0 Å². The molecule has 0 fully saturated rings. The number of unbranched alkanes of at least 4 members (excludes halogenated alkanes) is 3. The van der Waals surface area contributed by atoms with Gasteiger partial charge >= 0.3 is 11.9 Å². The summed E-state index contributed by atoms with van der Waals surface area (Å²) in [6.45, 7) is 4.29. The molecule has 0 aliphatic carbocycles. The van der Waals surface area contributed by atoms with E-state index in [2.05, 4.69) is 135 Å². The van der Waals surface area contributed by atoms with Crippen LogP contribution in [-0.2, 0) is 28.6 Å². The molecule has 330 valence electrons. The van der Waals surface area contributed by atoms with Crippen molar-refractivity contribution in [2.75, 3.05) is 41.0 Å². The lowest BCUT2D eigenvalue weighted by Crippen LogP contribution is -2.55. The van der Waals surface area contributed by atoms with Gasteiger partial charge in [-0.05, 0) is 96.3 Å². The zero-order chi connectivity index (χ0) is 43.5. The highest BCUT2D eigenvalue weighted by molar-refractivity contribution is 5.70. The molecule has 0 radical (unpaired) electrons. The molecule has 0 spiro atoms. The number of carbonyl (C=O) groups is 3. The summed E-state index contributed by atoms with van der Waals surface area (Å²) in [5.74, 6) is -1.89. The summed E-state index contributed by atoms with van der Waals surface area (Å²) in [5.41, 5.74) is 0. The second-order valence-corrected chi connectivity index (χ2v) is 15.2. The zero-order valence-corrected chi connectivity index (χ0v) is 37.4. The molecular formula is C51H79NO7. The van der Waals surface area contributed by atoms with Crippen LogP contribution in [0.2, 0.25) is 0 Å². The SMILES string of the molecule is CC/C=C/C/C=C/C/C=C/C/C=C/C/C=C/C/C=C/C/C=C/CCCC(=O)OCC(COCCC(C(=O)[O-])[N+](C)(C)C)OC(=O)CCCC/C=C/C/C=C/C/C=C/CC. The van der Waals surface area contributed by atoms with Gasteiger partial charge in [0, 0.05) is 19.3 Å². The van der Waals surface area contributed by atoms with E-state index in [4.69, 9.17) is 14.2 Å². The third-order valence-electron chi connectivity index (χ3n) is 8.84. The van der Waals surface area contributed by atoms with Crippen LogP contribution in [-0.4, -0.2) is 75.5 Å². The molecule has 0 aromatic carbocycles. The molecule has 2 unspecified atom stereocenters. The van der Waals surface area contributed by atoms with Crippen molar-refractivity contribution >= 4 is 17.9 Å². The number of likely N-dealkylation sites (N-methyl/N-ethyl adjacent to an activating group) is 1. The lowest BCUT2D eigenvalue weighted by atomic mass is 10.1. The number of allylic oxidation sites excluding steroid dienone is 20. The number of quaternary nitrogens is 1. The van der Waals surface area contributed by atoms with E-state index in [1.54, 1.807) is 21.1 Å². The summed E-state index contributed by atoms with van der Waals surface area (Å²) in [6, 6.07) is -0.749. The largest absolute Gasteiger partial charge is 0.544 e. The first kappa shape index (κ1) is 54.7. The average molecular weight is 818 g/mol. The number of hydrogen-bond donors (Lipinski definition) is 0. The van der Waals surface area contributed by atoms with Gasteiger partial charge in [0.05, 0.1) is 40.3 Å². The number of ether oxygens (including phenoxy) is 3. The van der Waals surface area contributed by atoms with E-state index in [1.165, 1.54) is 0 Å². The normalized spacial score (nSPS) is 14.1. The number of esters is 2. The number of rotatable bonds is 37. The van der Waals surface area contributed by atoms with Gasteiger partial charge in [-0.15, -0.1) is 0 Å². The van der Waals surface area contributed by atoms with Crippen LogP contribution < -0.4 is 5.11 Å². The fraction of sp³-hybridized carbons (Fsp3) is 0.549. The topological polar surface area (TPSA) is 102 Å². The minimum Gasteiger partial charge on any atom is -0.544 e. The van der Waals surface area contributed by atoms with Gasteiger partial charge < -0.3 is 28.6 Å². The van der Waals surface area contributed by atoms with Crippen LogP contribution in [0.5, 0.6) is 0 Å². The fourth-order valence-corrected chi connectivity index (χ4v) is 5.48. The highest BCUT2D eigenvalue weighted by Gasteiger charge is 2.25. The predicted octanol–water partition coefficient (Wildman–Crippen LogP) is 10.9. The molecule has 8 heteroatoms. The first-order valence-electron chi connectivity index (χ1n) is 22.1. The fourth-order valence-electron chi connectivity index (χ4n) is 5.48. The van der Waals surface area contributed by atoms with Crippen LogP contribution in [0.15, 0.2) is 122 Å². The molecule has 0 aliphatic rings. The van der Waals surface area contributed by atoms with Gasteiger partial charge in [-0.1, -0.05) is 135 Å².